The number of pyridine rings is 2. The Labute approximate surface area is 469 Å². The number of rotatable bonds is 8. The minimum Gasteiger partial charge on any atom is -0.507 e. The molecule has 7 heteroatoms. The second-order valence-electron chi connectivity index (χ2n) is 22.1. The average molecular weight is 1190 g/mol. The normalized spacial score (nSPS) is 11.9. The predicted molar refractivity (Wildman–Crippen MR) is 317 cm³/mol. The van der Waals surface area contributed by atoms with E-state index in [9.17, 15) is 5.11 Å². The number of phenolic OH excluding ortho intramolecular Hbond substituents is 1. The summed E-state index contributed by atoms with van der Waals surface area (Å²) in [5, 5.41) is 15.5. The molecule has 6 nitrogen and oxygen atoms in total. The summed E-state index contributed by atoms with van der Waals surface area (Å²) < 4.78 is 9.46. The van der Waals surface area contributed by atoms with Gasteiger partial charge in [0.25, 0.3) is 0 Å². The van der Waals surface area contributed by atoms with Gasteiger partial charge in [-0.15, -0.1) is 17.7 Å². The summed E-state index contributed by atoms with van der Waals surface area (Å²) in [6.45, 7) is 13.1. The van der Waals surface area contributed by atoms with E-state index in [1.54, 1.807) is 0 Å². The second-order valence-corrected chi connectivity index (χ2v) is 22.1. The molecule has 13 aromatic rings. The smallest absolute Gasteiger partial charge is 0.148 e. The third-order valence-electron chi connectivity index (χ3n) is 14.9. The van der Waals surface area contributed by atoms with Gasteiger partial charge in [-0.3, -0.25) is 9.55 Å². The molecule has 0 bridgehead atoms. The number of phenols is 1. The number of nitrogens with zero attached hydrogens (tertiary/aromatic N) is 4. The Balaban J connectivity index is 0.00000609. The number of hydrogen-bond acceptors (Lipinski definition) is 5. The summed E-state index contributed by atoms with van der Waals surface area (Å²) in [5.41, 5.74) is 18.1. The van der Waals surface area contributed by atoms with Gasteiger partial charge in [-0.2, -0.15) is 0 Å². The summed E-state index contributed by atoms with van der Waals surface area (Å²) in [6.07, 6.45) is 1.87. The molecule has 4 aromatic heterocycles. The van der Waals surface area contributed by atoms with E-state index in [2.05, 4.69) is 222 Å². The maximum Gasteiger partial charge on any atom is 0.148 e. The second kappa shape index (κ2) is 19.7. The van der Waals surface area contributed by atoms with Crippen molar-refractivity contribution >= 4 is 43.9 Å². The van der Waals surface area contributed by atoms with Crippen molar-refractivity contribution in [3.63, 3.8) is 0 Å². The Morgan fingerprint density at radius 1 is 0.500 bits per heavy atom. The van der Waals surface area contributed by atoms with Crippen LogP contribution in [0.2, 0.25) is 0 Å². The molecule has 78 heavy (non-hydrogen) atoms. The monoisotopic (exact) mass is 1190 g/mol. The van der Waals surface area contributed by atoms with Crippen LogP contribution in [0.25, 0.3) is 128 Å². The van der Waals surface area contributed by atoms with Gasteiger partial charge in [-0.25, -0.2) is 9.97 Å². The molecule has 4 heterocycles. The Bertz CT molecular complexity index is 4400. The fourth-order valence-corrected chi connectivity index (χ4v) is 11.0. The van der Waals surface area contributed by atoms with Crippen molar-refractivity contribution in [2.75, 3.05) is 0 Å². The first-order chi connectivity index (χ1) is 37.4. The minimum atomic E-state index is -0.382. The van der Waals surface area contributed by atoms with Crippen molar-refractivity contribution in [2.24, 2.45) is 0 Å². The maximum absolute atomic E-state index is 12.8. The molecule has 0 aliphatic carbocycles. The van der Waals surface area contributed by atoms with Crippen LogP contribution < -0.4 is 0 Å². The summed E-state index contributed by atoms with van der Waals surface area (Å²) in [6, 6.07) is 77.7. The largest absolute Gasteiger partial charge is 0.507 e. The van der Waals surface area contributed by atoms with E-state index in [0.717, 1.165) is 122 Å². The van der Waals surface area contributed by atoms with Gasteiger partial charge in [0.2, 0.25) is 0 Å². The molecule has 0 unspecified atom stereocenters. The van der Waals surface area contributed by atoms with Crippen molar-refractivity contribution < 1.29 is 30.6 Å². The maximum atomic E-state index is 12.8. The van der Waals surface area contributed by atoms with Crippen LogP contribution in [0.4, 0.5) is 0 Å². The molecule has 0 amide bonds. The minimum absolute atomic E-state index is 0. The fraction of sp³-hybridized carbons (Fsp3) is 0.113. The zero-order valence-electron chi connectivity index (χ0n) is 44.2. The van der Waals surface area contributed by atoms with Gasteiger partial charge in [-0.1, -0.05) is 216 Å². The molecule has 0 aliphatic heterocycles. The first-order valence-corrected chi connectivity index (χ1v) is 26.3. The average Bonchev–Trinajstić information content (AvgIpc) is 4.27. The van der Waals surface area contributed by atoms with Crippen LogP contribution in [0.3, 0.4) is 0 Å². The van der Waals surface area contributed by atoms with E-state index >= 15 is 0 Å². The number of aromatic hydroxyl groups is 1. The number of hydrogen-bond donors (Lipinski definition) is 1. The standard InChI is InChI=1S/C71H55N4O2.Pt/c1-70(2,3)51-42-57(66(76)58(43-51)71(4,5)6)69-74-65-52(31-21-33-62(65)75(69)61-35-34-48(44-22-11-7-12-23-44)38-54(61)46-26-15-9-16-27-46)50-39-55(60-41-49(36-37-72-60)45-24-13-8-14-25-45)67-56(40-50)63-64(47-28-17-10-18-29-47)73-59-32-20-19-30-53(59)68(63)77-67;/h7-38,40-43,76H,1-6H3;/q-1;. The Morgan fingerprint density at radius 2 is 1.13 bits per heavy atom. The Kier molecular flexibility index (Phi) is 12.7. The van der Waals surface area contributed by atoms with Gasteiger partial charge in [0.05, 0.1) is 39.1 Å². The number of imidazole rings is 1. The number of para-hydroxylation sites is 2. The summed E-state index contributed by atoms with van der Waals surface area (Å²) in [7, 11) is 0. The molecule has 0 atom stereocenters. The van der Waals surface area contributed by atoms with Gasteiger partial charge >= 0.3 is 0 Å². The summed E-state index contributed by atoms with van der Waals surface area (Å²) >= 11 is 0. The van der Waals surface area contributed by atoms with Gasteiger partial charge in [0.1, 0.15) is 17.2 Å². The SMILES string of the molecule is CC(C)(C)c1cc(-c2nc3c(-c4[c-]c(-c5cc(-c6ccccc6)ccn5)c5oc6c7ccccc7nc(-c7ccccc7)c6c5c4)cccc3n2-c2ccc(-c3ccccc3)cc2-c2ccccc2)c(O)c(C(C)(C)C)c1.[Pt]. The first-order valence-electron chi connectivity index (χ1n) is 26.3. The first kappa shape index (κ1) is 50.1. The third kappa shape index (κ3) is 8.80. The van der Waals surface area contributed by atoms with Crippen LogP contribution in [0.5, 0.6) is 5.75 Å². The van der Waals surface area contributed by atoms with E-state index in [1.165, 1.54) is 0 Å². The topological polar surface area (TPSA) is 77.0 Å². The zero-order valence-corrected chi connectivity index (χ0v) is 46.5. The van der Waals surface area contributed by atoms with Gasteiger partial charge in [-0.05, 0) is 92.1 Å². The van der Waals surface area contributed by atoms with E-state index < -0.39 is 0 Å². The third-order valence-corrected chi connectivity index (χ3v) is 14.9. The quantitative estimate of drug-likeness (QED) is 0.153. The van der Waals surface area contributed by atoms with Crippen molar-refractivity contribution in [3.05, 3.63) is 236 Å². The van der Waals surface area contributed by atoms with Crippen LogP contribution in [0, 0.1) is 6.07 Å². The van der Waals surface area contributed by atoms with Crippen LogP contribution in [0.15, 0.2) is 223 Å². The van der Waals surface area contributed by atoms with E-state index in [4.69, 9.17) is 19.4 Å². The summed E-state index contributed by atoms with van der Waals surface area (Å²) in [4.78, 5) is 16.2. The molecule has 13 rings (SSSR count). The van der Waals surface area contributed by atoms with Gasteiger partial charge < -0.3 is 9.52 Å². The number of furan rings is 1. The van der Waals surface area contributed by atoms with Crippen LogP contribution in [0.1, 0.15) is 52.7 Å². The van der Waals surface area contributed by atoms with Crippen LogP contribution >= 0.6 is 0 Å². The number of aromatic nitrogens is 4. The van der Waals surface area contributed by atoms with Gasteiger partial charge in [0.15, 0.2) is 0 Å². The van der Waals surface area contributed by atoms with Crippen molar-refractivity contribution in [3.8, 4) is 89.8 Å². The molecule has 0 saturated heterocycles. The predicted octanol–water partition coefficient (Wildman–Crippen LogP) is 18.6. The fourth-order valence-electron chi connectivity index (χ4n) is 11.0. The molecule has 0 aliphatic rings. The van der Waals surface area contributed by atoms with Crippen molar-refractivity contribution in [1.82, 2.24) is 19.5 Å². The van der Waals surface area contributed by atoms with E-state index in [0.29, 0.717) is 17.0 Å². The van der Waals surface area contributed by atoms with Crippen molar-refractivity contribution in [1.29, 1.82) is 0 Å². The molecular weight excluding hydrogens is 1140 g/mol. The number of fused-ring (bicyclic) bond motifs is 6. The molecule has 0 radical (unpaired) electrons. The molecule has 0 spiro atoms. The van der Waals surface area contributed by atoms with Crippen LogP contribution in [-0.4, -0.2) is 24.6 Å². The molecule has 9 aromatic carbocycles. The molecule has 1 N–H and O–H groups in total. The Morgan fingerprint density at radius 3 is 1.79 bits per heavy atom. The number of benzene rings is 9. The summed E-state index contributed by atoms with van der Waals surface area (Å²) in [5.74, 6) is 0.837. The Hall–Kier alpha value is -8.70. The molecule has 0 saturated carbocycles. The zero-order chi connectivity index (χ0) is 52.6. The molecular formula is C71H55N4O2Pt-. The molecule has 382 valence electrons. The van der Waals surface area contributed by atoms with E-state index in [-0.39, 0.29) is 37.6 Å². The molecule has 0 fully saturated rings. The van der Waals surface area contributed by atoms with Crippen molar-refractivity contribution in [2.45, 2.75) is 52.4 Å². The van der Waals surface area contributed by atoms with Gasteiger partial charge in [0, 0.05) is 60.4 Å². The van der Waals surface area contributed by atoms with Crippen LogP contribution in [-0.2, 0) is 31.9 Å². The van der Waals surface area contributed by atoms with E-state index in [1.807, 2.05) is 48.7 Å².